The predicted molar refractivity (Wildman–Crippen MR) is 80.0 cm³/mol. The first-order valence-corrected chi connectivity index (χ1v) is 7.79. The molecule has 2 aromatic heterocycles. The molecule has 1 fully saturated rings. The molecule has 2 aromatic rings. The maximum atomic E-state index is 10.7. The summed E-state index contributed by atoms with van der Waals surface area (Å²) in [5.74, 6) is 2.64. The summed E-state index contributed by atoms with van der Waals surface area (Å²) in [7, 11) is 0. The van der Waals surface area contributed by atoms with E-state index >= 15 is 0 Å². The molecule has 1 atom stereocenters. The van der Waals surface area contributed by atoms with Gasteiger partial charge in [-0.3, -0.25) is 0 Å². The van der Waals surface area contributed by atoms with E-state index in [2.05, 4.69) is 5.16 Å². The summed E-state index contributed by atoms with van der Waals surface area (Å²) in [6.45, 7) is 5.70. The molecule has 1 N–H and O–H groups in total. The first-order chi connectivity index (χ1) is 10.1. The molecule has 0 spiro atoms. The van der Waals surface area contributed by atoms with Crippen LogP contribution < -0.4 is 0 Å². The van der Waals surface area contributed by atoms with Gasteiger partial charge in [0.25, 0.3) is 0 Å². The van der Waals surface area contributed by atoms with E-state index < -0.39 is 6.10 Å². The van der Waals surface area contributed by atoms with Crippen LogP contribution in [0.5, 0.6) is 0 Å². The number of nitrogens with zero attached hydrogens (tertiary/aromatic N) is 1. The molecule has 1 unspecified atom stereocenters. The van der Waals surface area contributed by atoms with Crippen molar-refractivity contribution in [3.8, 4) is 11.3 Å². The Labute approximate surface area is 125 Å². The molecule has 4 heteroatoms. The predicted octanol–water partition coefficient (Wildman–Crippen LogP) is 4.47. The van der Waals surface area contributed by atoms with Crippen molar-refractivity contribution >= 4 is 0 Å². The highest BCUT2D eigenvalue weighted by molar-refractivity contribution is 5.63. The normalized spacial score (nSPS) is 18.1. The Bertz CT molecular complexity index is 601. The first kappa shape index (κ1) is 14.4. The molecule has 0 aromatic carbocycles. The van der Waals surface area contributed by atoms with Gasteiger partial charge >= 0.3 is 0 Å². The minimum atomic E-state index is -0.428. The number of aliphatic hydroxyl groups is 1. The second kappa shape index (κ2) is 5.68. The van der Waals surface area contributed by atoms with Gasteiger partial charge in [0.05, 0.1) is 17.4 Å². The van der Waals surface area contributed by atoms with Crippen LogP contribution in [0.4, 0.5) is 0 Å². The van der Waals surface area contributed by atoms with Crippen molar-refractivity contribution in [2.45, 2.75) is 59.0 Å². The van der Waals surface area contributed by atoms with Crippen LogP contribution in [0.25, 0.3) is 11.3 Å². The highest BCUT2D eigenvalue weighted by Crippen LogP contribution is 2.39. The molecule has 2 heterocycles. The number of aromatic nitrogens is 1. The van der Waals surface area contributed by atoms with Crippen molar-refractivity contribution < 1.29 is 14.0 Å². The van der Waals surface area contributed by atoms with Crippen molar-refractivity contribution in [1.29, 1.82) is 0 Å². The van der Waals surface area contributed by atoms with Crippen LogP contribution in [0.1, 0.15) is 61.0 Å². The monoisotopic (exact) mass is 289 g/mol. The van der Waals surface area contributed by atoms with Crippen LogP contribution in [0.15, 0.2) is 15.0 Å². The van der Waals surface area contributed by atoms with Gasteiger partial charge in [0.2, 0.25) is 0 Å². The van der Waals surface area contributed by atoms with Crippen LogP contribution in [-0.4, -0.2) is 10.3 Å². The lowest BCUT2D eigenvalue weighted by molar-refractivity contribution is 0.0835. The fourth-order valence-electron chi connectivity index (χ4n) is 3.45. The van der Waals surface area contributed by atoms with Gasteiger partial charge in [0.15, 0.2) is 0 Å². The molecular formula is C17H23NO3. The third-order valence-electron chi connectivity index (χ3n) is 4.65. The topological polar surface area (TPSA) is 59.4 Å². The van der Waals surface area contributed by atoms with Crippen LogP contribution in [0.2, 0.25) is 0 Å². The van der Waals surface area contributed by atoms with E-state index in [1.807, 2.05) is 26.8 Å². The fraction of sp³-hybridized carbons (Fsp3) is 0.588. The van der Waals surface area contributed by atoms with E-state index in [-0.39, 0.29) is 0 Å². The molecule has 0 bridgehead atoms. The smallest absolute Gasteiger partial charge is 0.144 e. The molecule has 0 aliphatic heterocycles. The molecule has 4 nitrogen and oxygen atoms in total. The minimum absolute atomic E-state index is 0.354. The zero-order chi connectivity index (χ0) is 15.0. The number of hydrogen-bond donors (Lipinski definition) is 1. The van der Waals surface area contributed by atoms with Crippen molar-refractivity contribution in [2.24, 2.45) is 5.92 Å². The Hall–Kier alpha value is -1.55. The SMILES string of the molecule is Cc1noc(C)c1-c1cc(C(O)C2CCCCC2)c(C)o1. The van der Waals surface area contributed by atoms with E-state index in [1.165, 1.54) is 19.3 Å². The molecule has 21 heavy (non-hydrogen) atoms. The molecular weight excluding hydrogens is 266 g/mol. The van der Waals surface area contributed by atoms with Gasteiger partial charge in [-0.2, -0.15) is 0 Å². The van der Waals surface area contributed by atoms with E-state index in [0.717, 1.165) is 46.9 Å². The van der Waals surface area contributed by atoms with Gasteiger partial charge in [0.1, 0.15) is 17.3 Å². The second-order valence-electron chi connectivity index (χ2n) is 6.16. The summed E-state index contributed by atoms with van der Waals surface area (Å²) in [4.78, 5) is 0. The first-order valence-electron chi connectivity index (χ1n) is 7.79. The molecule has 0 saturated heterocycles. The number of aryl methyl sites for hydroxylation is 3. The quantitative estimate of drug-likeness (QED) is 0.905. The lowest BCUT2D eigenvalue weighted by Gasteiger charge is -2.26. The molecule has 1 saturated carbocycles. The minimum Gasteiger partial charge on any atom is -0.461 e. The number of furan rings is 1. The molecule has 114 valence electrons. The highest BCUT2D eigenvalue weighted by Gasteiger charge is 2.27. The largest absolute Gasteiger partial charge is 0.461 e. The van der Waals surface area contributed by atoms with Crippen LogP contribution >= 0.6 is 0 Å². The Morgan fingerprint density at radius 2 is 1.86 bits per heavy atom. The maximum absolute atomic E-state index is 10.7. The second-order valence-corrected chi connectivity index (χ2v) is 6.16. The van der Waals surface area contributed by atoms with E-state index in [1.54, 1.807) is 0 Å². The van der Waals surface area contributed by atoms with Crippen LogP contribution in [-0.2, 0) is 0 Å². The number of aliphatic hydroxyl groups excluding tert-OH is 1. The standard InChI is InChI=1S/C17H23NO3/c1-10-16(12(3)21-18-10)15-9-14(11(2)20-15)17(19)13-7-5-4-6-8-13/h9,13,17,19H,4-8H2,1-3H3. The average molecular weight is 289 g/mol. The summed E-state index contributed by atoms with van der Waals surface area (Å²) >= 11 is 0. The average Bonchev–Trinajstić information content (AvgIpc) is 3.02. The van der Waals surface area contributed by atoms with Gasteiger partial charge in [0, 0.05) is 5.56 Å². The third-order valence-corrected chi connectivity index (χ3v) is 4.65. The van der Waals surface area contributed by atoms with Crippen molar-refractivity contribution in [1.82, 2.24) is 5.16 Å². The summed E-state index contributed by atoms with van der Waals surface area (Å²) in [6, 6.07) is 1.96. The summed E-state index contributed by atoms with van der Waals surface area (Å²) in [6.07, 6.45) is 5.50. The zero-order valence-corrected chi connectivity index (χ0v) is 13.0. The summed E-state index contributed by atoms with van der Waals surface area (Å²) in [5.41, 5.74) is 2.64. The van der Waals surface area contributed by atoms with Crippen molar-refractivity contribution in [3.05, 3.63) is 28.8 Å². The number of hydrogen-bond acceptors (Lipinski definition) is 4. The zero-order valence-electron chi connectivity index (χ0n) is 13.0. The van der Waals surface area contributed by atoms with Crippen molar-refractivity contribution in [2.75, 3.05) is 0 Å². The Kier molecular flexibility index (Phi) is 3.89. The molecule has 1 aliphatic rings. The Morgan fingerprint density at radius 1 is 1.14 bits per heavy atom. The Morgan fingerprint density at radius 3 is 2.48 bits per heavy atom. The lowest BCUT2D eigenvalue weighted by Crippen LogP contribution is -2.16. The maximum Gasteiger partial charge on any atom is 0.144 e. The van der Waals surface area contributed by atoms with Crippen LogP contribution in [0.3, 0.4) is 0 Å². The van der Waals surface area contributed by atoms with E-state index in [0.29, 0.717) is 5.92 Å². The number of rotatable bonds is 3. The van der Waals surface area contributed by atoms with Gasteiger partial charge in [-0.05, 0) is 45.6 Å². The van der Waals surface area contributed by atoms with Gasteiger partial charge in [-0.25, -0.2) is 0 Å². The molecule has 1 aliphatic carbocycles. The van der Waals surface area contributed by atoms with Gasteiger partial charge < -0.3 is 14.0 Å². The van der Waals surface area contributed by atoms with Gasteiger partial charge in [-0.1, -0.05) is 24.4 Å². The molecule has 0 radical (unpaired) electrons. The third kappa shape index (κ3) is 2.64. The fourth-order valence-corrected chi connectivity index (χ4v) is 3.45. The summed E-state index contributed by atoms with van der Waals surface area (Å²) < 4.78 is 11.1. The van der Waals surface area contributed by atoms with E-state index in [9.17, 15) is 5.11 Å². The summed E-state index contributed by atoms with van der Waals surface area (Å²) in [5, 5.41) is 14.6. The van der Waals surface area contributed by atoms with Crippen LogP contribution in [0, 0.1) is 26.7 Å². The molecule has 3 rings (SSSR count). The van der Waals surface area contributed by atoms with Gasteiger partial charge in [-0.15, -0.1) is 0 Å². The van der Waals surface area contributed by atoms with E-state index in [4.69, 9.17) is 8.94 Å². The Balaban J connectivity index is 1.91. The molecule has 0 amide bonds. The van der Waals surface area contributed by atoms with Crippen molar-refractivity contribution in [3.63, 3.8) is 0 Å². The lowest BCUT2D eigenvalue weighted by atomic mass is 9.83. The highest BCUT2D eigenvalue weighted by atomic mass is 16.5.